The molecule has 0 spiro atoms. The van der Waals surface area contributed by atoms with E-state index in [0.29, 0.717) is 19.4 Å². The second kappa shape index (κ2) is 6.75. The van der Waals surface area contributed by atoms with E-state index in [2.05, 4.69) is 10.3 Å². The van der Waals surface area contributed by atoms with Crippen LogP contribution in [0.1, 0.15) is 58.6 Å². The molecule has 7 nitrogen and oxygen atoms in total. The molecule has 0 radical (unpaired) electrons. The minimum atomic E-state index is -0.457. The third-order valence-electron chi connectivity index (χ3n) is 5.95. The topological polar surface area (TPSA) is 97.0 Å². The highest BCUT2D eigenvalue weighted by Gasteiger charge is 2.47. The summed E-state index contributed by atoms with van der Waals surface area (Å²) in [5.74, 6) is 1.13. The SMILES string of the molecule is CC1(C)CC(=O)N(C[C@H]2CC2C(=O)N[C@H]2CC(C)(C)Oc3ccccc32)C(N)=N1. The van der Waals surface area contributed by atoms with E-state index >= 15 is 0 Å². The molecule has 156 valence electrons. The first-order chi connectivity index (χ1) is 13.5. The van der Waals surface area contributed by atoms with Crippen LogP contribution in [0.4, 0.5) is 0 Å². The van der Waals surface area contributed by atoms with Crippen molar-refractivity contribution in [2.45, 2.75) is 64.1 Å². The van der Waals surface area contributed by atoms with Crippen LogP contribution in [0.15, 0.2) is 29.3 Å². The van der Waals surface area contributed by atoms with Crippen LogP contribution in [0.25, 0.3) is 0 Å². The Hall–Kier alpha value is -2.57. The number of ether oxygens (including phenoxy) is 1. The molecule has 1 aliphatic carbocycles. The van der Waals surface area contributed by atoms with Crippen molar-refractivity contribution in [1.29, 1.82) is 0 Å². The standard InChI is InChI=1S/C22H30N4O3/c1-21(2)11-18(27)26(20(23)25-21)12-13-9-15(13)19(28)24-16-10-22(3,4)29-17-8-6-5-7-14(16)17/h5-8,13,15-16H,9-12H2,1-4H3,(H2,23,25)(H,24,28)/t13-,15?,16+/m1/s1. The van der Waals surface area contributed by atoms with E-state index in [0.717, 1.165) is 17.7 Å². The predicted molar refractivity (Wildman–Crippen MR) is 110 cm³/mol. The lowest BCUT2D eigenvalue weighted by atomic mass is 9.89. The smallest absolute Gasteiger partial charge is 0.231 e. The van der Waals surface area contributed by atoms with Gasteiger partial charge in [0.25, 0.3) is 0 Å². The van der Waals surface area contributed by atoms with Crippen molar-refractivity contribution in [3.63, 3.8) is 0 Å². The van der Waals surface area contributed by atoms with Gasteiger partial charge in [0.05, 0.1) is 18.0 Å². The molecule has 2 aliphatic heterocycles. The number of hydrogen-bond donors (Lipinski definition) is 2. The predicted octanol–water partition coefficient (Wildman–Crippen LogP) is 2.37. The summed E-state index contributed by atoms with van der Waals surface area (Å²) in [4.78, 5) is 31.3. The van der Waals surface area contributed by atoms with Gasteiger partial charge >= 0.3 is 0 Å². The van der Waals surface area contributed by atoms with Gasteiger partial charge in [-0.15, -0.1) is 0 Å². The maximum Gasteiger partial charge on any atom is 0.231 e. The van der Waals surface area contributed by atoms with Crippen LogP contribution >= 0.6 is 0 Å². The Labute approximate surface area is 171 Å². The van der Waals surface area contributed by atoms with E-state index < -0.39 is 5.54 Å². The molecular formula is C22H30N4O3. The van der Waals surface area contributed by atoms with Gasteiger partial charge in [-0.2, -0.15) is 0 Å². The monoisotopic (exact) mass is 398 g/mol. The number of rotatable bonds is 4. The molecule has 3 aliphatic rings. The van der Waals surface area contributed by atoms with Crippen LogP contribution in [-0.4, -0.2) is 40.4 Å². The summed E-state index contributed by atoms with van der Waals surface area (Å²) in [6.07, 6.45) is 1.82. The molecule has 3 N–H and O–H groups in total. The van der Waals surface area contributed by atoms with Crippen LogP contribution in [0, 0.1) is 11.8 Å². The number of carbonyl (C=O) groups is 2. The average Bonchev–Trinajstić information content (AvgIpc) is 3.36. The van der Waals surface area contributed by atoms with E-state index in [-0.39, 0.29) is 41.3 Å². The first-order valence-electron chi connectivity index (χ1n) is 10.3. The number of fused-ring (bicyclic) bond motifs is 1. The number of benzene rings is 1. The number of para-hydroxylation sites is 1. The van der Waals surface area contributed by atoms with Crippen molar-refractivity contribution in [2.75, 3.05) is 6.54 Å². The lowest BCUT2D eigenvalue weighted by Gasteiger charge is -2.38. The van der Waals surface area contributed by atoms with E-state index in [1.807, 2.05) is 52.0 Å². The lowest BCUT2D eigenvalue weighted by molar-refractivity contribution is -0.130. The summed E-state index contributed by atoms with van der Waals surface area (Å²) in [5, 5.41) is 3.21. The Bertz CT molecular complexity index is 877. The van der Waals surface area contributed by atoms with Gasteiger partial charge in [0, 0.05) is 24.4 Å². The van der Waals surface area contributed by atoms with Gasteiger partial charge in [-0.3, -0.25) is 14.5 Å². The summed E-state index contributed by atoms with van der Waals surface area (Å²) < 4.78 is 6.05. The van der Waals surface area contributed by atoms with Gasteiger partial charge in [0.1, 0.15) is 11.4 Å². The molecule has 29 heavy (non-hydrogen) atoms. The summed E-state index contributed by atoms with van der Waals surface area (Å²) >= 11 is 0. The number of guanidine groups is 1. The largest absolute Gasteiger partial charge is 0.487 e. The van der Waals surface area contributed by atoms with Gasteiger partial charge in [-0.1, -0.05) is 18.2 Å². The second-order valence-electron chi connectivity index (χ2n) is 9.73. The zero-order chi connectivity index (χ0) is 21.0. The molecule has 1 aromatic carbocycles. The maximum absolute atomic E-state index is 12.9. The molecule has 0 bridgehead atoms. The van der Waals surface area contributed by atoms with E-state index in [1.54, 1.807) is 0 Å². The minimum absolute atomic E-state index is 0.0198. The Morgan fingerprint density at radius 1 is 1.31 bits per heavy atom. The average molecular weight is 399 g/mol. The van der Waals surface area contributed by atoms with Gasteiger partial charge in [0.15, 0.2) is 5.96 Å². The normalized spacial score (nSPS) is 29.4. The van der Waals surface area contributed by atoms with Crippen LogP contribution in [0.3, 0.4) is 0 Å². The molecule has 7 heteroatoms. The molecule has 4 rings (SSSR count). The number of nitrogens with one attached hydrogen (secondary N) is 1. The third kappa shape index (κ3) is 4.09. The number of amides is 2. The first kappa shape index (κ1) is 19.7. The summed E-state index contributed by atoms with van der Waals surface area (Å²) in [7, 11) is 0. The molecule has 3 atom stereocenters. The van der Waals surface area contributed by atoms with Crippen LogP contribution in [0.2, 0.25) is 0 Å². The molecule has 0 aromatic heterocycles. The van der Waals surface area contributed by atoms with Crippen molar-refractivity contribution >= 4 is 17.8 Å². The minimum Gasteiger partial charge on any atom is -0.487 e. The van der Waals surface area contributed by atoms with Gasteiger partial charge in [-0.25, -0.2) is 4.99 Å². The van der Waals surface area contributed by atoms with Gasteiger partial charge in [0.2, 0.25) is 11.8 Å². The zero-order valence-electron chi connectivity index (χ0n) is 17.6. The van der Waals surface area contributed by atoms with Gasteiger partial charge in [-0.05, 0) is 46.1 Å². The second-order valence-corrected chi connectivity index (χ2v) is 9.73. The molecule has 0 saturated heterocycles. The molecule has 2 heterocycles. The highest BCUT2D eigenvalue weighted by Crippen LogP contribution is 2.43. The molecule has 1 unspecified atom stereocenters. The van der Waals surface area contributed by atoms with Crippen LogP contribution in [-0.2, 0) is 9.59 Å². The maximum atomic E-state index is 12.9. The van der Waals surface area contributed by atoms with Crippen LogP contribution in [0.5, 0.6) is 5.75 Å². The summed E-state index contributed by atoms with van der Waals surface area (Å²) in [5.41, 5.74) is 6.23. The summed E-state index contributed by atoms with van der Waals surface area (Å²) in [6, 6.07) is 7.78. The van der Waals surface area contributed by atoms with Gasteiger partial charge < -0.3 is 15.8 Å². The number of carbonyl (C=O) groups excluding carboxylic acids is 2. The third-order valence-corrected chi connectivity index (χ3v) is 5.95. The molecular weight excluding hydrogens is 368 g/mol. The molecule has 1 fully saturated rings. The van der Waals surface area contributed by atoms with E-state index in [9.17, 15) is 9.59 Å². The number of nitrogens with two attached hydrogens (primary N) is 1. The van der Waals surface area contributed by atoms with Crippen LogP contribution < -0.4 is 15.8 Å². The Morgan fingerprint density at radius 2 is 2.03 bits per heavy atom. The summed E-state index contributed by atoms with van der Waals surface area (Å²) in [6.45, 7) is 8.32. The number of hydrogen-bond acceptors (Lipinski definition) is 5. The number of nitrogens with zero attached hydrogens (tertiary/aromatic N) is 2. The first-order valence-corrected chi connectivity index (χ1v) is 10.3. The van der Waals surface area contributed by atoms with Crippen molar-refractivity contribution in [3.8, 4) is 5.75 Å². The molecule has 2 amide bonds. The van der Waals surface area contributed by atoms with E-state index in [1.165, 1.54) is 4.90 Å². The fourth-order valence-electron chi connectivity index (χ4n) is 4.41. The highest BCUT2D eigenvalue weighted by molar-refractivity contribution is 5.99. The Kier molecular flexibility index (Phi) is 4.59. The molecule has 1 saturated carbocycles. The quantitative estimate of drug-likeness (QED) is 0.814. The Morgan fingerprint density at radius 3 is 2.76 bits per heavy atom. The van der Waals surface area contributed by atoms with Crippen molar-refractivity contribution in [2.24, 2.45) is 22.6 Å². The molecule has 1 aromatic rings. The number of aliphatic imine (C=N–C) groups is 1. The lowest BCUT2D eigenvalue weighted by Crippen LogP contribution is -2.50. The fourth-order valence-corrected chi connectivity index (χ4v) is 4.41. The fraction of sp³-hybridized carbons (Fsp3) is 0.591. The van der Waals surface area contributed by atoms with Crippen molar-refractivity contribution in [3.05, 3.63) is 29.8 Å². The van der Waals surface area contributed by atoms with Crippen molar-refractivity contribution < 1.29 is 14.3 Å². The van der Waals surface area contributed by atoms with Crippen molar-refractivity contribution in [1.82, 2.24) is 10.2 Å². The highest BCUT2D eigenvalue weighted by atomic mass is 16.5. The Balaban J connectivity index is 1.40. The van der Waals surface area contributed by atoms with E-state index in [4.69, 9.17) is 10.5 Å². The zero-order valence-corrected chi connectivity index (χ0v) is 17.6.